The predicted molar refractivity (Wildman–Crippen MR) is 129 cm³/mol. The molecule has 182 valence electrons. The molecule has 34 heavy (non-hydrogen) atoms. The van der Waals surface area contributed by atoms with Gasteiger partial charge in [-0.25, -0.2) is 0 Å². The van der Waals surface area contributed by atoms with Crippen LogP contribution >= 0.6 is 12.6 Å². The van der Waals surface area contributed by atoms with Crippen molar-refractivity contribution >= 4 is 29.4 Å². The minimum atomic E-state index is -4.77. The van der Waals surface area contributed by atoms with Crippen molar-refractivity contribution in [3.63, 3.8) is 0 Å². The van der Waals surface area contributed by atoms with Gasteiger partial charge in [0.2, 0.25) is 0 Å². The van der Waals surface area contributed by atoms with Crippen LogP contribution in [0.15, 0.2) is 54.6 Å². The summed E-state index contributed by atoms with van der Waals surface area (Å²) in [5.74, 6) is -0.496. The second kappa shape index (κ2) is 9.92. The molecule has 5 nitrogen and oxygen atoms in total. The molecule has 0 radical (unpaired) electrons. The number of alkyl halides is 3. The third-order valence-corrected chi connectivity index (χ3v) is 6.83. The van der Waals surface area contributed by atoms with Gasteiger partial charge < -0.3 is 14.6 Å². The molecule has 1 amide bonds. The molecule has 2 atom stereocenters. The van der Waals surface area contributed by atoms with E-state index in [-0.39, 0.29) is 17.7 Å². The lowest BCUT2D eigenvalue weighted by Gasteiger charge is -2.42. The van der Waals surface area contributed by atoms with Crippen LogP contribution < -0.4 is 10.1 Å². The maximum Gasteiger partial charge on any atom is 0.573 e. The van der Waals surface area contributed by atoms with E-state index in [2.05, 4.69) is 27.2 Å². The van der Waals surface area contributed by atoms with Crippen molar-refractivity contribution in [3.8, 4) is 5.75 Å². The first-order valence-corrected chi connectivity index (χ1v) is 11.8. The monoisotopic (exact) mass is 491 g/mol. The van der Waals surface area contributed by atoms with Crippen LogP contribution in [0.1, 0.15) is 48.7 Å². The number of rotatable bonds is 7. The molecule has 1 unspecified atom stereocenters. The molecular weight excluding hydrogens is 463 g/mol. The van der Waals surface area contributed by atoms with E-state index in [1.807, 2.05) is 30.0 Å². The minimum absolute atomic E-state index is 0.00237. The molecule has 3 aromatic rings. The summed E-state index contributed by atoms with van der Waals surface area (Å²) in [6.07, 6.45) is -1.36. The van der Waals surface area contributed by atoms with E-state index in [4.69, 9.17) is 12.6 Å². The van der Waals surface area contributed by atoms with Crippen molar-refractivity contribution < 1.29 is 22.7 Å². The number of amides is 1. The van der Waals surface area contributed by atoms with E-state index < -0.39 is 11.2 Å². The Morgan fingerprint density at radius 3 is 2.71 bits per heavy atom. The molecule has 1 aliphatic carbocycles. The average molecular weight is 492 g/mol. The molecule has 1 fully saturated rings. The Morgan fingerprint density at radius 2 is 2.00 bits per heavy atom. The molecule has 0 aliphatic heterocycles. The number of H-pyrrole nitrogens is 1. The zero-order valence-corrected chi connectivity index (χ0v) is 19.8. The summed E-state index contributed by atoms with van der Waals surface area (Å²) >= 11 is 4.95. The van der Waals surface area contributed by atoms with Crippen molar-refractivity contribution in [1.29, 1.82) is 0 Å². The lowest BCUT2D eigenvalue weighted by atomic mass is 9.88. The van der Waals surface area contributed by atoms with Gasteiger partial charge in [0.25, 0.3) is 5.91 Å². The number of nitrogens with one attached hydrogen (secondary N) is 2. The van der Waals surface area contributed by atoms with E-state index in [9.17, 15) is 18.0 Å². The van der Waals surface area contributed by atoms with Crippen molar-refractivity contribution in [1.82, 2.24) is 15.2 Å². The summed E-state index contributed by atoms with van der Waals surface area (Å²) in [7, 11) is 0. The Hall–Kier alpha value is -2.65. The molecule has 1 aromatic heterocycles. The lowest BCUT2D eigenvalue weighted by molar-refractivity contribution is -0.274. The zero-order chi connectivity index (χ0) is 24.3. The Balaban J connectivity index is 1.47. The van der Waals surface area contributed by atoms with E-state index in [0.29, 0.717) is 36.1 Å². The highest BCUT2D eigenvalue weighted by molar-refractivity contribution is 7.81. The Morgan fingerprint density at radius 1 is 1.24 bits per heavy atom. The normalized spacial score (nSPS) is 20.9. The van der Waals surface area contributed by atoms with Crippen molar-refractivity contribution in [3.05, 3.63) is 65.9 Å². The Kier molecular flexibility index (Phi) is 7.14. The average Bonchev–Trinajstić information content (AvgIpc) is 3.21. The summed E-state index contributed by atoms with van der Waals surface area (Å²) in [5, 5.41) is 4.04. The highest BCUT2D eigenvalue weighted by Gasteiger charge is 2.37. The Bertz CT molecular complexity index is 1140. The summed E-state index contributed by atoms with van der Waals surface area (Å²) in [5.41, 5.74) is 2.09. The fraction of sp³-hybridized carbons (Fsp3) is 0.400. The van der Waals surface area contributed by atoms with Gasteiger partial charge >= 0.3 is 6.36 Å². The number of ether oxygens (including phenoxy) is 1. The summed E-state index contributed by atoms with van der Waals surface area (Å²) in [4.78, 5) is 17.9. The van der Waals surface area contributed by atoms with Crippen LogP contribution in [-0.2, 0) is 6.54 Å². The van der Waals surface area contributed by atoms with Crippen molar-refractivity contribution in [2.75, 3.05) is 6.54 Å². The smallest absolute Gasteiger partial charge is 0.406 e. The molecular formula is C25H28F3N3O2S. The van der Waals surface area contributed by atoms with Gasteiger partial charge in [-0.05, 0) is 62.4 Å². The van der Waals surface area contributed by atoms with E-state index in [1.165, 1.54) is 23.8 Å². The number of nitrogens with zero attached hydrogens (tertiary/aromatic N) is 1. The fourth-order valence-electron chi connectivity index (χ4n) is 4.66. The number of carbonyl (C=O) groups is 1. The molecule has 1 heterocycles. The maximum absolute atomic E-state index is 13.4. The molecule has 2 N–H and O–H groups in total. The fourth-order valence-corrected chi connectivity index (χ4v) is 5.11. The molecule has 4 rings (SSSR count). The first kappa shape index (κ1) is 24.5. The van der Waals surface area contributed by atoms with Gasteiger partial charge in [-0.3, -0.25) is 10.1 Å². The predicted octanol–water partition coefficient (Wildman–Crippen LogP) is 5.89. The Labute approximate surface area is 202 Å². The number of benzene rings is 2. The topological polar surface area (TPSA) is 57.4 Å². The summed E-state index contributed by atoms with van der Waals surface area (Å²) in [6, 6.07) is 15.7. The number of carbonyl (C=O) groups excluding carboxylic acids is 1. The number of aromatic nitrogens is 1. The highest BCUT2D eigenvalue weighted by atomic mass is 32.1. The number of halogens is 3. The van der Waals surface area contributed by atoms with Gasteiger partial charge in [0.05, 0.1) is 4.87 Å². The number of aromatic amines is 1. The van der Waals surface area contributed by atoms with Crippen LogP contribution in [0.4, 0.5) is 13.2 Å². The van der Waals surface area contributed by atoms with Crippen LogP contribution in [0, 0.1) is 0 Å². The number of thiol groups is 1. The third kappa shape index (κ3) is 5.88. The van der Waals surface area contributed by atoms with Crippen molar-refractivity contribution in [2.24, 2.45) is 0 Å². The molecule has 1 aliphatic rings. The quantitative estimate of drug-likeness (QED) is 0.286. The van der Waals surface area contributed by atoms with Gasteiger partial charge in [-0.2, -0.15) is 12.6 Å². The van der Waals surface area contributed by atoms with Gasteiger partial charge in [-0.15, -0.1) is 13.2 Å². The highest BCUT2D eigenvalue weighted by Crippen LogP contribution is 2.35. The lowest BCUT2D eigenvalue weighted by Crippen LogP contribution is -2.51. The molecule has 0 bridgehead atoms. The molecule has 0 saturated heterocycles. The van der Waals surface area contributed by atoms with Crippen LogP contribution in [0.25, 0.3) is 10.9 Å². The summed E-state index contributed by atoms with van der Waals surface area (Å²) < 4.78 is 41.6. The van der Waals surface area contributed by atoms with E-state index in [1.54, 1.807) is 6.07 Å². The second-order valence-electron chi connectivity index (χ2n) is 8.69. The molecule has 0 spiro atoms. The first-order chi connectivity index (χ1) is 16.2. The van der Waals surface area contributed by atoms with Crippen LogP contribution in [0.3, 0.4) is 0 Å². The van der Waals surface area contributed by atoms with Crippen molar-refractivity contribution in [2.45, 2.75) is 56.4 Å². The van der Waals surface area contributed by atoms with Crippen LogP contribution in [0.5, 0.6) is 5.75 Å². The summed E-state index contributed by atoms with van der Waals surface area (Å²) in [6.45, 7) is 3.15. The van der Waals surface area contributed by atoms with Gasteiger partial charge in [-0.1, -0.05) is 30.3 Å². The third-order valence-electron chi connectivity index (χ3n) is 6.26. The van der Waals surface area contributed by atoms with Gasteiger partial charge in [0, 0.05) is 30.0 Å². The van der Waals surface area contributed by atoms with Crippen LogP contribution in [-0.4, -0.2) is 39.6 Å². The number of hydrogen-bond donors (Lipinski definition) is 3. The van der Waals surface area contributed by atoms with Crippen LogP contribution in [0.2, 0.25) is 0 Å². The number of hydrogen-bond acceptors (Lipinski definition) is 4. The minimum Gasteiger partial charge on any atom is -0.406 e. The standard InChI is InChI=1S/C25H28F3N3O2S/c1-2-31(19-9-6-12-24(34,15-19)29-16-17-7-4-3-5-8-17)23(32)22-14-18-13-20(33-25(26,27)28)10-11-21(18)30-22/h3-5,7-8,10-11,13-14,19,29-30,34H,2,6,9,12,15-16H2,1H3/t19-,24?/m0/s1. The largest absolute Gasteiger partial charge is 0.573 e. The first-order valence-electron chi connectivity index (χ1n) is 11.4. The molecule has 1 saturated carbocycles. The second-order valence-corrected chi connectivity index (χ2v) is 9.55. The van der Waals surface area contributed by atoms with E-state index in [0.717, 1.165) is 19.3 Å². The zero-order valence-electron chi connectivity index (χ0n) is 18.9. The SMILES string of the molecule is CCN(C(=O)c1cc2cc(OC(F)(F)F)ccc2[nH]1)[C@H]1CCCC(S)(NCc2ccccc2)C1. The van der Waals surface area contributed by atoms with Gasteiger partial charge in [0.1, 0.15) is 11.4 Å². The number of fused-ring (bicyclic) bond motifs is 1. The van der Waals surface area contributed by atoms with E-state index >= 15 is 0 Å². The van der Waals surface area contributed by atoms with Gasteiger partial charge in [0.15, 0.2) is 0 Å². The molecule has 2 aromatic carbocycles. The maximum atomic E-state index is 13.4. The molecule has 9 heteroatoms.